The van der Waals surface area contributed by atoms with Crippen molar-refractivity contribution in [3.63, 3.8) is 0 Å². The lowest BCUT2D eigenvalue weighted by Gasteiger charge is -2.46. The first kappa shape index (κ1) is 20.2. The molecule has 5 N–H and O–H groups in total. The second-order valence-corrected chi connectivity index (χ2v) is 9.85. The number of amides is 1. The number of carboxylic acids is 1. The largest absolute Gasteiger partial charge is 0.477 e. The number of nitrogens with zero attached hydrogens (tertiary/aromatic N) is 1. The maximum Gasteiger partial charge on any atom is 0.353 e. The van der Waals surface area contributed by atoms with E-state index >= 15 is 0 Å². The fourth-order valence-electron chi connectivity index (χ4n) is 5.24. The number of carbonyl (C=O) groups is 2. The molecule has 3 fully saturated rings. The molecular weight excluding hydrogens is 382 g/mol. The minimum absolute atomic E-state index is 0.0110. The summed E-state index contributed by atoms with van der Waals surface area (Å²) in [5.74, 6) is -1.78. The Hall–Kier alpha value is -1.13. The van der Waals surface area contributed by atoms with E-state index in [9.17, 15) is 24.9 Å². The lowest BCUT2D eigenvalue weighted by atomic mass is 9.79. The highest BCUT2D eigenvalue weighted by Crippen LogP contribution is 2.51. The monoisotopic (exact) mass is 411 g/mol. The third-order valence-electron chi connectivity index (χ3n) is 6.72. The number of thioether (sulfide) groups is 1. The van der Waals surface area contributed by atoms with Gasteiger partial charge in [0.15, 0.2) is 0 Å². The average Bonchev–Trinajstić information content (AvgIpc) is 3.35. The van der Waals surface area contributed by atoms with Gasteiger partial charge in [0.1, 0.15) is 5.70 Å². The lowest BCUT2D eigenvalue weighted by Crippen LogP contribution is -2.63. The van der Waals surface area contributed by atoms with Crippen molar-refractivity contribution in [1.82, 2.24) is 15.5 Å². The first-order valence-corrected chi connectivity index (χ1v) is 11.0. The van der Waals surface area contributed by atoms with Gasteiger partial charge in [0, 0.05) is 41.1 Å². The van der Waals surface area contributed by atoms with Crippen LogP contribution in [0.1, 0.15) is 26.7 Å². The van der Waals surface area contributed by atoms with E-state index < -0.39 is 24.1 Å². The first-order valence-electron chi connectivity index (χ1n) is 10.1. The number of aliphatic hydroxyl groups excluding tert-OH is 2. The molecular formula is C19H29N3O5S. The Labute approximate surface area is 168 Å². The Morgan fingerprint density at radius 3 is 2.68 bits per heavy atom. The van der Waals surface area contributed by atoms with Crippen LogP contribution in [-0.2, 0) is 9.59 Å². The normalized spacial score (nSPS) is 39.9. The standard InChI is InChI=1S/C19H29N3O5S/c1-8-14-13(9(2)23)18(25)22(14)15(19(26)27)17(8)28-11-5-12(21-7-11)16(24)10-3-4-20-6-10/h8-14,16,20-21,23-24H,3-7H2,1-2H3,(H,26,27)/t8-,9-,10-,11+,12+,13-,14?,16-/m1/s1. The molecule has 156 valence electrons. The van der Waals surface area contributed by atoms with Gasteiger partial charge < -0.3 is 30.9 Å². The van der Waals surface area contributed by atoms with Gasteiger partial charge in [0.05, 0.1) is 24.2 Å². The van der Waals surface area contributed by atoms with E-state index in [0.29, 0.717) is 6.54 Å². The van der Waals surface area contributed by atoms with E-state index in [-0.39, 0.29) is 40.8 Å². The summed E-state index contributed by atoms with van der Waals surface area (Å²) in [5.41, 5.74) is 0.0772. The summed E-state index contributed by atoms with van der Waals surface area (Å²) in [4.78, 5) is 26.4. The molecule has 8 nitrogen and oxygen atoms in total. The van der Waals surface area contributed by atoms with Gasteiger partial charge in [-0.3, -0.25) is 4.79 Å². The molecule has 0 aromatic heterocycles. The molecule has 4 aliphatic rings. The first-order chi connectivity index (χ1) is 13.3. The summed E-state index contributed by atoms with van der Waals surface area (Å²) in [6.07, 6.45) is 0.547. The Morgan fingerprint density at radius 2 is 2.07 bits per heavy atom. The van der Waals surface area contributed by atoms with Crippen LogP contribution in [0.25, 0.3) is 0 Å². The van der Waals surface area contributed by atoms with E-state index in [4.69, 9.17) is 0 Å². The molecule has 1 unspecified atom stereocenters. The van der Waals surface area contributed by atoms with Crippen LogP contribution in [0.5, 0.6) is 0 Å². The van der Waals surface area contributed by atoms with Gasteiger partial charge in [0.25, 0.3) is 0 Å². The minimum Gasteiger partial charge on any atom is -0.477 e. The van der Waals surface area contributed by atoms with Crippen LogP contribution in [0, 0.1) is 17.8 Å². The summed E-state index contributed by atoms with van der Waals surface area (Å²) < 4.78 is 0. The molecule has 0 aromatic rings. The van der Waals surface area contributed by atoms with Crippen molar-refractivity contribution >= 4 is 23.6 Å². The average molecular weight is 412 g/mol. The zero-order valence-corrected chi connectivity index (χ0v) is 17.0. The molecule has 9 heteroatoms. The van der Waals surface area contributed by atoms with E-state index in [1.54, 1.807) is 6.92 Å². The predicted octanol–water partition coefficient (Wildman–Crippen LogP) is -0.426. The van der Waals surface area contributed by atoms with Gasteiger partial charge in [-0.25, -0.2) is 4.79 Å². The molecule has 4 aliphatic heterocycles. The van der Waals surface area contributed by atoms with Crippen LogP contribution in [0.3, 0.4) is 0 Å². The van der Waals surface area contributed by atoms with Crippen molar-refractivity contribution in [3.8, 4) is 0 Å². The smallest absolute Gasteiger partial charge is 0.353 e. The summed E-state index contributed by atoms with van der Waals surface area (Å²) in [7, 11) is 0. The van der Waals surface area contributed by atoms with Crippen molar-refractivity contribution in [2.45, 2.75) is 56.2 Å². The maximum atomic E-state index is 12.4. The lowest BCUT2D eigenvalue weighted by molar-refractivity contribution is -0.163. The zero-order chi connectivity index (χ0) is 20.2. The molecule has 0 aromatic carbocycles. The minimum atomic E-state index is -1.09. The number of carbonyl (C=O) groups excluding carboxylic acids is 1. The third kappa shape index (κ3) is 3.17. The molecule has 0 saturated carbocycles. The SMILES string of the molecule is C[C@H]1C(S[C@@H]2CN[C@H]([C@H](O)[C@@H]3CCNC3)C2)=C(C(=O)O)N2C(=O)[C@H]([C@@H](C)O)C12. The number of aliphatic hydroxyl groups is 2. The second kappa shape index (κ2) is 7.60. The molecule has 1 amide bonds. The molecule has 3 saturated heterocycles. The number of hydrogen-bond donors (Lipinski definition) is 5. The van der Waals surface area contributed by atoms with Gasteiger partial charge in [0.2, 0.25) is 5.91 Å². The van der Waals surface area contributed by atoms with Crippen LogP contribution in [-0.4, -0.2) is 81.3 Å². The third-order valence-corrected chi connectivity index (χ3v) is 8.23. The van der Waals surface area contributed by atoms with Crippen molar-refractivity contribution in [2.75, 3.05) is 19.6 Å². The Morgan fingerprint density at radius 1 is 1.32 bits per heavy atom. The van der Waals surface area contributed by atoms with Crippen LogP contribution < -0.4 is 10.6 Å². The second-order valence-electron chi connectivity index (χ2n) is 8.51. The fraction of sp³-hybridized carbons (Fsp3) is 0.789. The van der Waals surface area contributed by atoms with E-state index in [1.807, 2.05) is 6.92 Å². The Bertz CT molecular complexity index is 693. The molecule has 0 aliphatic carbocycles. The van der Waals surface area contributed by atoms with Crippen LogP contribution >= 0.6 is 11.8 Å². The van der Waals surface area contributed by atoms with Crippen molar-refractivity contribution in [3.05, 3.63) is 10.6 Å². The quantitative estimate of drug-likeness (QED) is 0.374. The van der Waals surface area contributed by atoms with Crippen LogP contribution in [0.15, 0.2) is 10.6 Å². The van der Waals surface area contributed by atoms with Gasteiger partial charge >= 0.3 is 5.97 Å². The maximum absolute atomic E-state index is 12.4. The number of aliphatic carboxylic acids is 1. The number of carboxylic acid groups (broad SMARTS) is 1. The van der Waals surface area contributed by atoms with E-state index in [0.717, 1.165) is 30.8 Å². The predicted molar refractivity (Wildman–Crippen MR) is 104 cm³/mol. The van der Waals surface area contributed by atoms with Gasteiger partial charge in [-0.1, -0.05) is 6.92 Å². The Balaban J connectivity index is 1.47. The number of β-lactam (4-membered cyclic amide) rings is 1. The van der Waals surface area contributed by atoms with E-state index in [2.05, 4.69) is 10.6 Å². The summed E-state index contributed by atoms with van der Waals surface area (Å²) in [6.45, 7) is 6.00. The number of hydrogen-bond acceptors (Lipinski definition) is 7. The highest BCUT2D eigenvalue weighted by atomic mass is 32.2. The van der Waals surface area contributed by atoms with Gasteiger partial charge in [-0.05, 0) is 26.3 Å². The van der Waals surface area contributed by atoms with Crippen LogP contribution in [0.4, 0.5) is 0 Å². The molecule has 4 heterocycles. The van der Waals surface area contributed by atoms with Crippen molar-refractivity contribution < 1.29 is 24.9 Å². The molecule has 0 bridgehead atoms. The van der Waals surface area contributed by atoms with Crippen molar-refractivity contribution in [2.24, 2.45) is 17.8 Å². The fourth-order valence-corrected chi connectivity index (χ4v) is 6.73. The summed E-state index contributed by atoms with van der Waals surface area (Å²) in [6, 6.07) is -0.265. The summed E-state index contributed by atoms with van der Waals surface area (Å²) >= 11 is 1.52. The van der Waals surface area contributed by atoms with E-state index in [1.165, 1.54) is 16.7 Å². The van der Waals surface area contributed by atoms with Crippen molar-refractivity contribution in [1.29, 1.82) is 0 Å². The Kier molecular flexibility index (Phi) is 5.47. The highest BCUT2D eigenvalue weighted by Gasteiger charge is 2.60. The molecule has 4 rings (SSSR count). The zero-order valence-electron chi connectivity index (χ0n) is 16.2. The molecule has 0 radical (unpaired) electrons. The topological polar surface area (TPSA) is 122 Å². The van der Waals surface area contributed by atoms with Crippen LogP contribution in [0.2, 0.25) is 0 Å². The highest BCUT2D eigenvalue weighted by molar-refractivity contribution is 8.03. The molecule has 8 atom stereocenters. The number of fused-ring (bicyclic) bond motifs is 1. The number of rotatable bonds is 6. The van der Waals surface area contributed by atoms with Gasteiger partial charge in [-0.15, -0.1) is 11.8 Å². The van der Waals surface area contributed by atoms with Gasteiger partial charge in [-0.2, -0.15) is 0 Å². The molecule has 0 spiro atoms. The number of nitrogens with one attached hydrogen (secondary N) is 2. The molecule has 28 heavy (non-hydrogen) atoms. The summed E-state index contributed by atoms with van der Waals surface area (Å²) in [5, 5.41) is 37.2.